The van der Waals surface area contributed by atoms with Gasteiger partial charge in [-0.3, -0.25) is 4.79 Å². The first kappa shape index (κ1) is 33.4. The van der Waals surface area contributed by atoms with Gasteiger partial charge in [0.25, 0.3) is 5.91 Å². The smallest absolute Gasteiger partial charge is 0.410 e. The van der Waals surface area contributed by atoms with Gasteiger partial charge in [-0.15, -0.1) is 0 Å². The third kappa shape index (κ3) is 7.09. The lowest BCUT2D eigenvalue weighted by Gasteiger charge is -2.17. The number of hydrogen-bond donors (Lipinski definition) is 2. The molecule has 0 fully saturated rings. The van der Waals surface area contributed by atoms with E-state index in [2.05, 4.69) is 35.2 Å². The molecule has 2 aromatic carbocycles. The molecule has 0 radical (unpaired) electrons. The van der Waals surface area contributed by atoms with Crippen molar-refractivity contribution in [3.05, 3.63) is 58.8 Å². The Morgan fingerprint density at radius 1 is 1.22 bits per heavy atom. The Labute approximate surface area is 256 Å². The summed E-state index contributed by atoms with van der Waals surface area (Å²) in [6, 6.07) is 4.82. The number of methoxy groups -OCH3 is 1. The van der Waals surface area contributed by atoms with Gasteiger partial charge >= 0.3 is 6.18 Å². The molecule has 2 aromatic heterocycles. The van der Waals surface area contributed by atoms with Gasteiger partial charge in [-0.05, 0) is 37.2 Å². The number of nitrogen functional groups attached to an aromatic ring is 1. The first-order valence-electron chi connectivity index (χ1n) is 13.8. The number of benzene rings is 2. The molecule has 0 aliphatic heterocycles. The molecule has 0 saturated carbocycles. The molecule has 0 bridgehead atoms. The second kappa shape index (κ2) is 12.9. The first-order chi connectivity index (χ1) is 21.1. The average molecular weight is 650 g/mol. The fourth-order valence-corrected chi connectivity index (χ4v) is 5.36. The van der Waals surface area contributed by atoms with Gasteiger partial charge < -0.3 is 20.5 Å². The van der Waals surface area contributed by atoms with Crippen LogP contribution in [0.1, 0.15) is 34.5 Å². The largest absolute Gasteiger partial charge is 0.496 e. The molecule has 1 amide bonds. The molecule has 2 heterocycles. The number of aromatic nitrogens is 4. The van der Waals surface area contributed by atoms with Crippen molar-refractivity contribution >= 4 is 30.7 Å². The first-order valence-corrected chi connectivity index (χ1v) is 17.5. The molecule has 4 aromatic rings. The fraction of sp³-hybridized carbons (Fsp3) is 0.379. The van der Waals surface area contributed by atoms with Crippen LogP contribution in [-0.2, 0) is 18.0 Å². The number of nitrogens with two attached hydrogens (primary N) is 1. The highest BCUT2D eigenvalue weighted by Crippen LogP contribution is 2.39. The molecular formula is C29H32F5N7O3Si. The summed E-state index contributed by atoms with van der Waals surface area (Å²) in [6.07, 6.45) is -3.38. The maximum absolute atomic E-state index is 16.0. The Balaban J connectivity index is 1.82. The van der Waals surface area contributed by atoms with Crippen molar-refractivity contribution < 1.29 is 36.2 Å². The van der Waals surface area contributed by atoms with E-state index in [0.717, 1.165) is 31.2 Å². The Kier molecular flexibility index (Phi) is 9.54. The van der Waals surface area contributed by atoms with E-state index in [0.29, 0.717) is 11.3 Å². The van der Waals surface area contributed by atoms with Gasteiger partial charge in [-0.2, -0.15) is 28.6 Å². The number of hydrogen-bond acceptors (Lipinski definition) is 7. The number of alkyl halides is 3. The van der Waals surface area contributed by atoms with E-state index in [1.54, 1.807) is 6.07 Å². The average Bonchev–Trinajstić information content (AvgIpc) is 3.53. The molecule has 3 N–H and O–H groups in total. The Morgan fingerprint density at radius 2 is 1.93 bits per heavy atom. The molecule has 1 unspecified atom stereocenters. The second-order valence-electron chi connectivity index (χ2n) is 11.5. The highest BCUT2D eigenvalue weighted by Gasteiger charge is 2.40. The number of nitrogens with zero attached hydrogens (tertiary/aromatic N) is 5. The van der Waals surface area contributed by atoms with Crippen LogP contribution in [0, 0.1) is 23.0 Å². The van der Waals surface area contributed by atoms with Crippen molar-refractivity contribution in [3.8, 4) is 23.1 Å². The van der Waals surface area contributed by atoms with E-state index >= 15 is 4.39 Å². The number of carbonyl (C=O) groups is 1. The minimum atomic E-state index is -4.73. The molecule has 240 valence electrons. The Morgan fingerprint density at radius 3 is 2.56 bits per heavy atom. The van der Waals surface area contributed by atoms with Crippen LogP contribution in [0.15, 0.2) is 30.5 Å². The summed E-state index contributed by atoms with van der Waals surface area (Å²) in [7, 11) is -0.133. The lowest BCUT2D eigenvalue weighted by Crippen LogP contribution is -2.25. The maximum Gasteiger partial charge on any atom is 0.410 e. The number of nitriles is 1. The van der Waals surface area contributed by atoms with Gasteiger partial charge in [-0.25, -0.2) is 18.1 Å². The lowest BCUT2D eigenvalue weighted by molar-refractivity contribution is -0.164. The highest BCUT2D eigenvalue weighted by atomic mass is 28.3. The summed E-state index contributed by atoms with van der Waals surface area (Å²) in [5.74, 6) is -2.75. The number of halogens is 5. The number of carbonyl (C=O) groups excluding carboxylic acids is 1. The second-order valence-corrected chi connectivity index (χ2v) is 17.2. The normalized spacial score (nSPS) is 12.7. The van der Waals surface area contributed by atoms with Crippen LogP contribution >= 0.6 is 0 Å². The lowest BCUT2D eigenvalue weighted by atomic mass is 10.00. The minimum Gasteiger partial charge on any atom is -0.496 e. The zero-order valence-corrected chi connectivity index (χ0v) is 26.2. The van der Waals surface area contributed by atoms with Gasteiger partial charge in [-0.1, -0.05) is 19.6 Å². The summed E-state index contributed by atoms with van der Waals surface area (Å²) in [4.78, 5) is 13.0. The van der Waals surface area contributed by atoms with E-state index in [4.69, 9.17) is 15.2 Å². The third-order valence-electron chi connectivity index (χ3n) is 7.17. The van der Waals surface area contributed by atoms with Crippen LogP contribution in [0.2, 0.25) is 25.7 Å². The number of nitrogens with one attached hydrogen (secondary N) is 1. The number of ether oxygens (including phenoxy) is 2. The van der Waals surface area contributed by atoms with Gasteiger partial charge in [0, 0.05) is 37.7 Å². The molecule has 4 rings (SSSR count). The van der Waals surface area contributed by atoms with Gasteiger partial charge in [0.1, 0.15) is 53.3 Å². The van der Waals surface area contributed by atoms with Crippen LogP contribution in [0.5, 0.6) is 5.75 Å². The van der Waals surface area contributed by atoms with Crippen LogP contribution in [0.4, 0.5) is 27.8 Å². The van der Waals surface area contributed by atoms with E-state index in [-0.39, 0.29) is 51.3 Å². The topological polar surface area (TPSA) is 133 Å². The molecule has 45 heavy (non-hydrogen) atoms. The molecule has 1 atom stereocenters. The van der Waals surface area contributed by atoms with Crippen molar-refractivity contribution in [2.45, 2.75) is 58.1 Å². The minimum absolute atomic E-state index is 0.0332. The van der Waals surface area contributed by atoms with Crippen molar-refractivity contribution in [2.24, 2.45) is 0 Å². The van der Waals surface area contributed by atoms with Crippen molar-refractivity contribution in [1.29, 1.82) is 5.26 Å². The van der Waals surface area contributed by atoms with E-state index in [1.807, 2.05) is 0 Å². The zero-order valence-electron chi connectivity index (χ0n) is 25.2. The van der Waals surface area contributed by atoms with Crippen LogP contribution in [0.25, 0.3) is 22.2 Å². The summed E-state index contributed by atoms with van der Waals surface area (Å²) < 4.78 is 83.3. The summed E-state index contributed by atoms with van der Waals surface area (Å²) in [5, 5.41) is 20.9. The Hall–Kier alpha value is -4.49. The summed E-state index contributed by atoms with van der Waals surface area (Å²) in [6.45, 7) is 7.25. The fourth-order valence-electron chi connectivity index (χ4n) is 4.60. The standard InChI is InChI=1S/C29H32F5N7O3Si/c1-16(29(32,33)34)41-27(36)20(12-35)25(39-41)18-11-23(31)22(13-37-28(42)19-10-17(30)6-7-24(19)43-2)26-21(18)14-38-40(26)15-44-8-9-45(3,4)5/h6-7,10-11,14,16H,8-9,13,15,36H2,1-5H3,(H,37,42). The quantitative estimate of drug-likeness (QED) is 0.116. The van der Waals surface area contributed by atoms with Crippen LogP contribution in [-0.4, -0.2) is 53.4 Å². The van der Waals surface area contributed by atoms with Gasteiger partial charge in [0.05, 0.1) is 24.4 Å². The predicted octanol–water partition coefficient (Wildman–Crippen LogP) is 6.01. The van der Waals surface area contributed by atoms with E-state index < -0.39 is 50.2 Å². The SMILES string of the molecule is COc1ccc(F)cc1C(=O)NCc1c(F)cc(-c2nn(C(C)C(F)(F)F)c(N)c2C#N)c2cnn(COCC[Si](C)(C)C)c12. The van der Waals surface area contributed by atoms with E-state index in [1.165, 1.54) is 24.1 Å². The van der Waals surface area contributed by atoms with Gasteiger partial charge in [0.15, 0.2) is 0 Å². The van der Waals surface area contributed by atoms with Crippen LogP contribution < -0.4 is 15.8 Å². The van der Waals surface area contributed by atoms with Crippen LogP contribution in [0.3, 0.4) is 0 Å². The van der Waals surface area contributed by atoms with E-state index in [9.17, 15) is 27.6 Å². The molecule has 10 nitrogen and oxygen atoms in total. The summed E-state index contributed by atoms with van der Waals surface area (Å²) >= 11 is 0. The van der Waals surface area contributed by atoms with Crippen molar-refractivity contribution in [1.82, 2.24) is 24.9 Å². The molecule has 0 saturated heterocycles. The number of rotatable bonds is 11. The number of amides is 1. The maximum atomic E-state index is 16.0. The molecular weight excluding hydrogens is 617 g/mol. The van der Waals surface area contributed by atoms with Gasteiger partial charge in [0.2, 0.25) is 0 Å². The summed E-state index contributed by atoms with van der Waals surface area (Å²) in [5.41, 5.74) is 5.23. The Bertz CT molecular complexity index is 1770. The molecule has 0 aliphatic rings. The molecule has 16 heteroatoms. The number of anilines is 1. The molecule has 0 spiro atoms. The predicted molar refractivity (Wildman–Crippen MR) is 159 cm³/mol. The number of fused-ring (bicyclic) bond motifs is 1. The monoisotopic (exact) mass is 649 g/mol. The van der Waals surface area contributed by atoms with Crippen molar-refractivity contribution in [3.63, 3.8) is 0 Å². The molecule has 0 aliphatic carbocycles. The zero-order chi connectivity index (χ0) is 33.3. The highest BCUT2D eigenvalue weighted by molar-refractivity contribution is 6.76. The van der Waals surface area contributed by atoms with Crippen molar-refractivity contribution in [2.75, 3.05) is 19.5 Å². The third-order valence-corrected chi connectivity index (χ3v) is 8.88.